The highest BCUT2D eigenvalue weighted by Gasteiger charge is 2.19. The summed E-state index contributed by atoms with van der Waals surface area (Å²) in [6, 6.07) is 3.42. The molecule has 0 spiro atoms. The first-order valence-corrected chi connectivity index (χ1v) is 7.79. The van der Waals surface area contributed by atoms with E-state index in [0.717, 1.165) is 13.0 Å². The quantitative estimate of drug-likeness (QED) is 0.690. The van der Waals surface area contributed by atoms with E-state index in [1.807, 2.05) is 25.9 Å². The number of nitrogens with zero attached hydrogens (tertiary/aromatic N) is 2. The van der Waals surface area contributed by atoms with Crippen molar-refractivity contribution in [2.75, 3.05) is 39.0 Å². The van der Waals surface area contributed by atoms with Crippen molar-refractivity contribution in [3.63, 3.8) is 0 Å². The molecule has 1 rings (SSSR count). The van der Waals surface area contributed by atoms with E-state index in [2.05, 4.69) is 15.0 Å². The van der Waals surface area contributed by atoms with E-state index in [4.69, 9.17) is 0 Å². The number of hydrogen-bond donors (Lipinski definition) is 2. The molecule has 0 aliphatic heterocycles. The summed E-state index contributed by atoms with van der Waals surface area (Å²) in [6.07, 6.45) is 2.24. The minimum atomic E-state index is -3.55. The summed E-state index contributed by atoms with van der Waals surface area (Å²) >= 11 is 0. The first-order chi connectivity index (χ1) is 8.97. The number of aromatic nitrogens is 1. The fourth-order valence-electron chi connectivity index (χ4n) is 1.60. The molecule has 108 valence electrons. The monoisotopic (exact) mass is 286 g/mol. The van der Waals surface area contributed by atoms with Crippen molar-refractivity contribution in [1.82, 2.24) is 14.6 Å². The van der Waals surface area contributed by atoms with Crippen molar-refractivity contribution in [2.24, 2.45) is 0 Å². The van der Waals surface area contributed by atoms with Crippen molar-refractivity contribution >= 4 is 15.7 Å². The fourth-order valence-corrected chi connectivity index (χ4v) is 2.78. The third-order valence-corrected chi connectivity index (χ3v) is 3.89. The van der Waals surface area contributed by atoms with Crippen LogP contribution >= 0.6 is 0 Å². The maximum absolute atomic E-state index is 12.1. The van der Waals surface area contributed by atoms with Crippen molar-refractivity contribution in [1.29, 1.82) is 0 Å². The summed E-state index contributed by atoms with van der Waals surface area (Å²) < 4.78 is 26.9. The fraction of sp³-hybridized carbons (Fsp3) is 0.583. The van der Waals surface area contributed by atoms with Crippen LogP contribution in [-0.2, 0) is 10.0 Å². The molecule has 0 aliphatic carbocycles. The molecule has 0 atom stereocenters. The zero-order valence-electron chi connectivity index (χ0n) is 11.7. The van der Waals surface area contributed by atoms with Crippen LogP contribution in [0.2, 0.25) is 0 Å². The normalized spacial score (nSPS) is 11.8. The molecule has 0 amide bonds. The van der Waals surface area contributed by atoms with Crippen LogP contribution in [0.15, 0.2) is 23.4 Å². The van der Waals surface area contributed by atoms with Gasteiger partial charge in [0.2, 0.25) is 0 Å². The molecule has 1 heterocycles. The first kappa shape index (κ1) is 15.9. The molecule has 0 aromatic carbocycles. The SMILES string of the molecule is CCNc1cccnc1S(=O)(=O)NCCCN(C)C. The number of sulfonamides is 1. The average molecular weight is 286 g/mol. The standard InChI is InChI=1S/C12H22N4O2S/c1-4-13-11-7-5-8-14-12(11)19(17,18)15-9-6-10-16(2)3/h5,7-8,13,15H,4,6,9-10H2,1-3H3. The lowest BCUT2D eigenvalue weighted by Gasteiger charge is -2.12. The topological polar surface area (TPSA) is 74.3 Å². The van der Waals surface area contributed by atoms with Gasteiger partial charge in [0.1, 0.15) is 0 Å². The first-order valence-electron chi connectivity index (χ1n) is 6.30. The predicted molar refractivity (Wildman–Crippen MR) is 76.8 cm³/mol. The van der Waals surface area contributed by atoms with Crippen LogP contribution in [0, 0.1) is 0 Å². The van der Waals surface area contributed by atoms with Gasteiger partial charge in [-0.2, -0.15) is 0 Å². The lowest BCUT2D eigenvalue weighted by molar-refractivity contribution is 0.400. The zero-order chi connectivity index (χ0) is 14.3. The van der Waals surface area contributed by atoms with Gasteiger partial charge in [-0.25, -0.2) is 18.1 Å². The number of nitrogens with one attached hydrogen (secondary N) is 2. The van der Waals surface area contributed by atoms with Crippen LogP contribution in [0.1, 0.15) is 13.3 Å². The molecule has 1 aromatic heterocycles. The van der Waals surface area contributed by atoms with Crippen molar-refractivity contribution in [3.05, 3.63) is 18.3 Å². The van der Waals surface area contributed by atoms with Gasteiger partial charge in [0.15, 0.2) is 5.03 Å². The maximum atomic E-state index is 12.1. The van der Waals surface area contributed by atoms with Crippen molar-refractivity contribution in [2.45, 2.75) is 18.4 Å². The van der Waals surface area contributed by atoms with Crippen LogP contribution in [0.4, 0.5) is 5.69 Å². The van der Waals surface area contributed by atoms with Gasteiger partial charge in [-0.3, -0.25) is 0 Å². The summed E-state index contributed by atoms with van der Waals surface area (Å²) in [5.41, 5.74) is 0.533. The molecule has 0 aliphatic rings. The lowest BCUT2D eigenvalue weighted by atomic mass is 10.4. The van der Waals surface area contributed by atoms with Crippen LogP contribution in [0.5, 0.6) is 0 Å². The summed E-state index contributed by atoms with van der Waals surface area (Å²) in [5, 5.41) is 3.06. The van der Waals surface area contributed by atoms with E-state index in [9.17, 15) is 8.42 Å². The molecule has 0 radical (unpaired) electrons. The van der Waals surface area contributed by atoms with E-state index in [1.165, 1.54) is 6.20 Å². The lowest BCUT2D eigenvalue weighted by Crippen LogP contribution is -2.28. The maximum Gasteiger partial charge on any atom is 0.260 e. The van der Waals surface area contributed by atoms with Crippen LogP contribution < -0.4 is 10.0 Å². The molecule has 19 heavy (non-hydrogen) atoms. The third-order valence-electron chi connectivity index (χ3n) is 2.47. The van der Waals surface area contributed by atoms with Gasteiger partial charge in [0.25, 0.3) is 10.0 Å². The number of pyridine rings is 1. The Morgan fingerprint density at radius 3 is 2.74 bits per heavy atom. The molecule has 0 saturated heterocycles. The number of anilines is 1. The molecule has 0 bridgehead atoms. The van der Waals surface area contributed by atoms with Crippen LogP contribution in [-0.4, -0.2) is 52.0 Å². The highest BCUT2D eigenvalue weighted by Crippen LogP contribution is 2.17. The van der Waals surface area contributed by atoms with Crippen molar-refractivity contribution in [3.8, 4) is 0 Å². The minimum absolute atomic E-state index is 0.0571. The molecule has 6 nitrogen and oxygen atoms in total. The van der Waals surface area contributed by atoms with Crippen LogP contribution in [0.3, 0.4) is 0 Å². The average Bonchev–Trinajstić information content (AvgIpc) is 2.35. The Bertz CT molecular complexity index is 488. The molecule has 1 aromatic rings. The summed E-state index contributed by atoms with van der Waals surface area (Å²) in [4.78, 5) is 5.97. The summed E-state index contributed by atoms with van der Waals surface area (Å²) in [5.74, 6) is 0. The Hall–Kier alpha value is -1.18. The van der Waals surface area contributed by atoms with Gasteiger partial charge in [0.05, 0.1) is 5.69 Å². The largest absolute Gasteiger partial charge is 0.383 e. The highest BCUT2D eigenvalue weighted by molar-refractivity contribution is 7.89. The Kier molecular flexibility index (Phi) is 6.20. The Morgan fingerprint density at radius 2 is 2.11 bits per heavy atom. The van der Waals surface area contributed by atoms with E-state index in [1.54, 1.807) is 12.1 Å². The van der Waals surface area contributed by atoms with E-state index < -0.39 is 10.0 Å². The van der Waals surface area contributed by atoms with Gasteiger partial charge < -0.3 is 10.2 Å². The Labute approximate surface area is 115 Å². The summed E-state index contributed by atoms with van der Waals surface area (Å²) in [6.45, 7) is 3.80. The molecular weight excluding hydrogens is 264 g/mol. The summed E-state index contributed by atoms with van der Waals surface area (Å²) in [7, 11) is 0.357. The molecule has 0 fully saturated rings. The Morgan fingerprint density at radius 1 is 1.37 bits per heavy atom. The molecule has 0 unspecified atom stereocenters. The van der Waals surface area contributed by atoms with E-state index >= 15 is 0 Å². The van der Waals surface area contributed by atoms with Crippen molar-refractivity contribution < 1.29 is 8.42 Å². The smallest absolute Gasteiger partial charge is 0.260 e. The minimum Gasteiger partial charge on any atom is -0.383 e. The van der Waals surface area contributed by atoms with Gasteiger partial charge in [0, 0.05) is 19.3 Å². The molecule has 2 N–H and O–H groups in total. The molecule has 7 heteroatoms. The van der Waals surface area contributed by atoms with E-state index in [-0.39, 0.29) is 5.03 Å². The van der Waals surface area contributed by atoms with Gasteiger partial charge in [-0.15, -0.1) is 0 Å². The number of hydrogen-bond acceptors (Lipinski definition) is 5. The number of rotatable bonds is 8. The van der Waals surface area contributed by atoms with Crippen LogP contribution in [0.25, 0.3) is 0 Å². The third kappa shape index (κ3) is 5.14. The molecule has 0 saturated carbocycles. The van der Waals surface area contributed by atoms with Gasteiger partial charge in [-0.1, -0.05) is 0 Å². The zero-order valence-corrected chi connectivity index (χ0v) is 12.5. The second-order valence-corrected chi connectivity index (χ2v) is 6.12. The molecular formula is C12H22N4O2S. The van der Waals surface area contributed by atoms with E-state index in [0.29, 0.717) is 18.8 Å². The van der Waals surface area contributed by atoms with Gasteiger partial charge in [-0.05, 0) is 46.1 Å². The second-order valence-electron chi connectivity index (χ2n) is 4.44. The Balaban J connectivity index is 2.71. The van der Waals surface area contributed by atoms with Gasteiger partial charge >= 0.3 is 0 Å². The highest BCUT2D eigenvalue weighted by atomic mass is 32.2. The predicted octanol–water partition coefficient (Wildman–Crippen LogP) is 0.743. The second kappa shape index (κ2) is 7.42.